The van der Waals surface area contributed by atoms with E-state index in [1.165, 1.54) is 12.8 Å². The van der Waals surface area contributed by atoms with Crippen LogP contribution >= 0.6 is 0 Å². The smallest absolute Gasteiger partial charge is 0.0579 e. The summed E-state index contributed by atoms with van der Waals surface area (Å²) in [4.78, 5) is 0. The molecule has 0 aromatic heterocycles. The molecule has 2 aliphatic carbocycles. The van der Waals surface area contributed by atoms with Gasteiger partial charge in [-0.15, -0.1) is 0 Å². The van der Waals surface area contributed by atoms with E-state index < -0.39 is 0 Å². The molecular formula is C10H18O. The Labute approximate surface area is 68.8 Å². The van der Waals surface area contributed by atoms with Gasteiger partial charge in [0, 0.05) is 0 Å². The molecule has 11 heavy (non-hydrogen) atoms. The highest BCUT2D eigenvalue weighted by Crippen LogP contribution is 2.65. The highest BCUT2D eigenvalue weighted by molar-refractivity contribution is 5.09. The third-order valence-electron chi connectivity index (χ3n) is 4.61. The molecule has 64 valence electrons. The maximum Gasteiger partial charge on any atom is 0.0579 e. The Kier molecular flexibility index (Phi) is 1.26. The van der Waals surface area contributed by atoms with Gasteiger partial charge in [0.1, 0.15) is 0 Å². The van der Waals surface area contributed by atoms with Crippen molar-refractivity contribution in [2.24, 2.45) is 16.7 Å². The van der Waals surface area contributed by atoms with Crippen molar-refractivity contribution in [3.8, 4) is 0 Å². The van der Waals surface area contributed by atoms with Crippen LogP contribution in [0.15, 0.2) is 0 Å². The summed E-state index contributed by atoms with van der Waals surface area (Å²) >= 11 is 0. The van der Waals surface area contributed by atoms with Gasteiger partial charge < -0.3 is 5.11 Å². The van der Waals surface area contributed by atoms with Gasteiger partial charge in [0.05, 0.1) is 6.10 Å². The van der Waals surface area contributed by atoms with E-state index in [1.807, 2.05) is 0 Å². The third-order valence-corrected chi connectivity index (χ3v) is 4.61. The molecule has 0 aliphatic heterocycles. The third kappa shape index (κ3) is 0.703. The molecule has 2 bridgehead atoms. The lowest BCUT2D eigenvalue weighted by Crippen LogP contribution is -2.26. The molecule has 0 aromatic carbocycles. The zero-order chi connectivity index (χ0) is 8.28. The number of fused-ring (bicyclic) bond motifs is 2. The fourth-order valence-corrected chi connectivity index (χ4v) is 3.25. The highest BCUT2D eigenvalue weighted by Gasteiger charge is 2.59. The van der Waals surface area contributed by atoms with Gasteiger partial charge in [-0.05, 0) is 36.0 Å². The van der Waals surface area contributed by atoms with Crippen LogP contribution in [0.4, 0.5) is 0 Å². The summed E-state index contributed by atoms with van der Waals surface area (Å²) in [6.45, 7) is 6.98. The Hall–Kier alpha value is -0.0400. The van der Waals surface area contributed by atoms with Crippen molar-refractivity contribution in [1.29, 1.82) is 0 Å². The van der Waals surface area contributed by atoms with Crippen molar-refractivity contribution in [2.45, 2.75) is 46.1 Å². The number of rotatable bonds is 0. The van der Waals surface area contributed by atoms with E-state index >= 15 is 0 Å². The minimum atomic E-state index is -0.0104. The van der Waals surface area contributed by atoms with Crippen LogP contribution in [-0.2, 0) is 0 Å². The maximum absolute atomic E-state index is 9.72. The summed E-state index contributed by atoms with van der Waals surface area (Å²) in [5, 5.41) is 9.72. The molecule has 2 fully saturated rings. The van der Waals surface area contributed by atoms with Crippen LogP contribution in [0.5, 0.6) is 0 Å². The lowest BCUT2D eigenvalue weighted by atomic mass is 9.71. The Morgan fingerprint density at radius 2 is 1.91 bits per heavy atom. The van der Waals surface area contributed by atoms with Crippen molar-refractivity contribution >= 4 is 0 Å². The van der Waals surface area contributed by atoms with Crippen molar-refractivity contribution in [1.82, 2.24) is 0 Å². The van der Waals surface area contributed by atoms with E-state index in [9.17, 15) is 5.11 Å². The molecule has 0 aromatic rings. The highest BCUT2D eigenvalue weighted by atomic mass is 16.3. The van der Waals surface area contributed by atoms with Crippen LogP contribution < -0.4 is 0 Å². The topological polar surface area (TPSA) is 20.2 Å². The molecule has 3 atom stereocenters. The van der Waals surface area contributed by atoms with Crippen LogP contribution in [0, 0.1) is 16.7 Å². The van der Waals surface area contributed by atoms with Crippen molar-refractivity contribution < 1.29 is 5.11 Å². The molecule has 0 spiro atoms. The minimum Gasteiger partial charge on any atom is -0.393 e. The average molecular weight is 154 g/mol. The molecule has 2 rings (SSSR count). The first-order chi connectivity index (χ1) is 4.97. The second-order valence-corrected chi connectivity index (χ2v) is 5.20. The molecule has 2 saturated carbocycles. The van der Waals surface area contributed by atoms with E-state index in [0.29, 0.717) is 16.7 Å². The van der Waals surface area contributed by atoms with Crippen LogP contribution in [0.25, 0.3) is 0 Å². The van der Waals surface area contributed by atoms with Gasteiger partial charge in [-0.1, -0.05) is 20.8 Å². The molecule has 1 unspecified atom stereocenters. The van der Waals surface area contributed by atoms with Gasteiger partial charge in [0.2, 0.25) is 0 Å². The van der Waals surface area contributed by atoms with E-state index in [1.54, 1.807) is 0 Å². The van der Waals surface area contributed by atoms with Crippen LogP contribution in [0.3, 0.4) is 0 Å². The van der Waals surface area contributed by atoms with Crippen LogP contribution in [0.1, 0.15) is 40.0 Å². The summed E-state index contributed by atoms with van der Waals surface area (Å²) in [5.74, 6) is 0.576. The Balaban J connectivity index is 2.37. The van der Waals surface area contributed by atoms with Gasteiger partial charge >= 0.3 is 0 Å². The largest absolute Gasteiger partial charge is 0.393 e. The molecular weight excluding hydrogens is 136 g/mol. The fraction of sp³-hybridized carbons (Fsp3) is 1.00. The zero-order valence-electron chi connectivity index (χ0n) is 7.72. The molecule has 2 aliphatic rings. The van der Waals surface area contributed by atoms with Crippen LogP contribution in [-0.4, -0.2) is 11.2 Å². The molecule has 1 heteroatoms. The number of aliphatic hydroxyl groups excluding tert-OH is 1. The lowest BCUT2D eigenvalue weighted by Gasteiger charge is -2.33. The van der Waals surface area contributed by atoms with Gasteiger partial charge in [-0.3, -0.25) is 0 Å². The molecule has 0 saturated heterocycles. The monoisotopic (exact) mass is 154 g/mol. The SMILES string of the molecule is CC1(C)[C@H]2CC[C@]1(C)CC2O. The van der Waals surface area contributed by atoms with E-state index in [0.717, 1.165) is 6.42 Å². The molecule has 0 amide bonds. The Bertz CT molecular complexity index is 183. The molecule has 1 nitrogen and oxygen atoms in total. The maximum atomic E-state index is 9.72. The van der Waals surface area contributed by atoms with Gasteiger partial charge in [0.15, 0.2) is 0 Å². The number of aliphatic hydroxyl groups is 1. The Morgan fingerprint density at radius 3 is 2.09 bits per heavy atom. The average Bonchev–Trinajstić information content (AvgIpc) is 2.13. The second-order valence-electron chi connectivity index (χ2n) is 5.20. The van der Waals surface area contributed by atoms with E-state index in [-0.39, 0.29) is 6.10 Å². The molecule has 1 N–H and O–H groups in total. The summed E-state index contributed by atoms with van der Waals surface area (Å²) < 4.78 is 0. The molecule has 0 radical (unpaired) electrons. The summed E-state index contributed by atoms with van der Waals surface area (Å²) in [6.07, 6.45) is 3.58. The van der Waals surface area contributed by atoms with Crippen LogP contribution in [0.2, 0.25) is 0 Å². The normalized spacial score (nSPS) is 53.5. The first-order valence-corrected chi connectivity index (χ1v) is 4.65. The van der Waals surface area contributed by atoms with E-state index in [4.69, 9.17) is 0 Å². The Morgan fingerprint density at radius 1 is 1.27 bits per heavy atom. The van der Waals surface area contributed by atoms with E-state index in [2.05, 4.69) is 20.8 Å². The van der Waals surface area contributed by atoms with Crippen molar-refractivity contribution in [3.05, 3.63) is 0 Å². The number of hydrogen-bond acceptors (Lipinski definition) is 1. The zero-order valence-corrected chi connectivity index (χ0v) is 7.72. The minimum absolute atomic E-state index is 0.0104. The van der Waals surface area contributed by atoms with Gasteiger partial charge in [0.25, 0.3) is 0 Å². The first kappa shape index (κ1) is 7.60. The predicted octanol–water partition coefficient (Wildman–Crippen LogP) is 2.19. The summed E-state index contributed by atoms with van der Waals surface area (Å²) in [5.41, 5.74) is 0.809. The number of hydrogen-bond donors (Lipinski definition) is 1. The van der Waals surface area contributed by atoms with Crippen molar-refractivity contribution in [2.75, 3.05) is 0 Å². The van der Waals surface area contributed by atoms with Gasteiger partial charge in [-0.2, -0.15) is 0 Å². The first-order valence-electron chi connectivity index (χ1n) is 4.65. The fourth-order valence-electron chi connectivity index (χ4n) is 3.25. The standard InChI is InChI=1S/C10H18O/c1-9(2)7-4-5-10(9,3)6-8(7)11/h7-8,11H,4-6H2,1-3H3/t7-,8?,10+/m0/s1. The summed E-state index contributed by atoms with van der Waals surface area (Å²) in [7, 11) is 0. The second kappa shape index (κ2) is 1.82. The molecule has 0 heterocycles. The predicted molar refractivity (Wildman–Crippen MR) is 45.2 cm³/mol. The summed E-state index contributed by atoms with van der Waals surface area (Å²) in [6, 6.07) is 0. The van der Waals surface area contributed by atoms with Gasteiger partial charge in [-0.25, -0.2) is 0 Å². The quantitative estimate of drug-likeness (QED) is 0.567. The lowest BCUT2D eigenvalue weighted by molar-refractivity contribution is 0.0941. The van der Waals surface area contributed by atoms with Crippen molar-refractivity contribution in [3.63, 3.8) is 0 Å².